The maximum Gasteiger partial charge on any atom is 0.335 e. The van der Waals surface area contributed by atoms with Crippen LogP contribution in [0.4, 0.5) is 0 Å². The molecule has 1 amide bonds. The van der Waals surface area contributed by atoms with Gasteiger partial charge in [-0.1, -0.05) is 25.4 Å². The Morgan fingerprint density at radius 2 is 2.04 bits per heavy atom. The molecule has 0 atom stereocenters. The minimum atomic E-state index is -0.635. The van der Waals surface area contributed by atoms with Crippen LogP contribution in [-0.2, 0) is 11.3 Å². The number of aromatic nitrogens is 4. The number of carbonyl (C=O) groups is 1. The van der Waals surface area contributed by atoms with Crippen LogP contribution in [0.2, 0.25) is 5.15 Å². The van der Waals surface area contributed by atoms with Gasteiger partial charge in [0, 0.05) is 4.88 Å². The molecule has 0 bridgehead atoms. The number of hydrogen-bond donors (Lipinski definition) is 1. The minimum absolute atomic E-state index is 0.124. The summed E-state index contributed by atoms with van der Waals surface area (Å²) in [5, 5.41) is 2.16. The fourth-order valence-electron chi connectivity index (χ4n) is 2.88. The quantitative estimate of drug-likeness (QED) is 0.704. The number of rotatable bonds is 4. The third-order valence-corrected chi connectivity index (χ3v) is 5.15. The number of nitrogens with two attached hydrogens (primary N) is 1. The standard InChI is InChI=1S/C16H18ClN5O2S/c1-7(2)10-6-25-8(3)12(10)22-15-13(14(17)19-9(4)20-15)21(16(22)24)5-11(18)23/h6-7H,5H2,1-4H3,(H2,18,23). The Morgan fingerprint density at radius 3 is 2.64 bits per heavy atom. The predicted molar refractivity (Wildman–Crippen MR) is 98.8 cm³/mol. The Kier molecular flexibility index (Phi) is 4.42. The average molecular weight is 380 g/mol. The first kappa shape index (κ1) is 17.6. The summed E-state index contributed by atoms with van der Waals surface area (Å²) in [7, 11) is 0. The first-order valence-corrected chi connectivity index (χ1v) is 9.00. The Labute approximate surface area is 153 Å². The van der Waals surface area contributed by atoms with Crippen molar-refractivity contribution in [3.8, 4) is 5.69 Å². The largest absolute Gasteiger partial charge is 0.368 e. The summed E-state index contributed by atoms with van der Waals surface area (Å²) in [6.07, 6.45) is 0. The van der Waals surface area contributed by atoms with Crippen molar-refractivity contribution in [1.82, 2.24) is 19.1 Å². The Balaban J connectivity index is 2.49. The predicted octanol–water partition coefficient (Wildman–Crippen LogP) is 2.52. The second-order valence-electron chi connectivity index (χ2n) is 6.15. The van der Waals surface area contributed by atoms with Crippen LogP contribution in [0.5, 0.6) is 0 Å². The number of imidazole rings is 1. The molecule has 3 heterocycles. The van der Waals surface area contributed by atoms with Gasteiger partial charge in [0.1, 0.15) is 17.9 Å². The van der Waals surface area contributed by atoms with Crippen LogP contribution < -0.4 is 11.4 Å². The first-order valence-electron chi connectivity index (χ1n) is 7.74. The molecule has 0 radical (unpaired) electrons. The molecule has 0 aromatic carbocycles. The van der Waals surface area contributed by atoms with E-state index in [-0.39, 0.29) is 17.6 Å². The van der Waals surface area contributed by atoms with Crippen LogP contribution in [0.3, 0.4) is 0 Å². The van der Waals surface area contributed by atoms with Crippen molar-refractivity contribution in [2.45, 2.75) is 40.2 Å². The Bertz CT molecular complexity index is 1050. The minimum Gasteiger partial charge on any atom is -0.368 e. The van der Waals surface area contributed by atoms with E-state index in [9.17, 15) is 9.59 Å². The average Bonchev–Trinajstić information content (AvgIpc) is 2.98. The first-order chi connectivity index (χ1) is 11.7. The van der Waals surface area contributed by atoms with Crippen LogP contribution in [0.1, 0.15) is 36.0 Å². The van der Waals surface area contributed by atoms with Gasteiger partial charge in [-0.05, 0) is 30.7 Å². The number of carbonyl (C=O) groups excluding carboxylic acids is 1. The van der Waals surface area contributed by atoms with Gasteiger partial charge < -0.3 is 5.73 Å². The molecule has 0 aliphatic carbocycles. The van der Waals surface area contributed by atoms with Crippen molar-refractivity contribution in [2.75, 3.05) is 0 Å². The van der Waals surface area contributed by atoms with Gasteiger partial charge in [0.2, 0.25) is 5.91 Å². The van der Waals surface area contributed by atoms with Crippen molar-refractivity contribution in [3.63, 3.8) is 0 Å². The molecule has 0 fully saturated rings. The van der Waals surface area contributed by atoms with E-state index in [1.165, 1.54) is 9.13 Å². The molecule has 3 rings (SSSR count). The van der Waals surface area contributed by atoms with Crippen LogP contribution in [0.25, 0.3) is 16.9 Å². The molecule has 3 aromatic rings. The summed E-state index contributed by atoms with van der Waals surface area (Å²) < 4.78 is 2.75. The number of hydrogen-bond acceptors (Lipinski definition) is 5. The fraction of sp³-hybridized carbons (Fsp3) is 0.375. The topological polar surface area (TPSA) is 95.8 Å². The molecule has 3 aromatic heterocycles. The lowest BCUT2D eigenvalue weighted by Crippen LogP contribution is -2.29. The highest BCUT2D eigenvalue weighted by atomic mass is 35.5. The fourth-order valence-corrected chi connectivity index (χ4v) is 4.20. The molecule has 0 aliphatic rings. The third kappa shape index (κ3) is 2.85. The molecule has 25 heavy (non-hydrogen) atoms. The number of nitrogens with zero attached hydrogens (tertiary/aromatic N) is 4. The molecule has 0 spiro atoms. The lowest BCUT2D eigenvalue weighted by molar-refractivity contribution is -0.118. The highest BCUT2D eigenvalue weighted by molar-refractivity contribution is 7.10. The molecule has 132 valence electrons. The van der Waals surface area contributed by atoms with Crippen LogP contribution in [0.15, 0.2) is 10.2 Å². The molecule has 7 nitrogen and oxygen atoms in total. The normalized spacial score (nSPS) is 11.6. The molecule has 2 N–H and O–H groups in total. The molecule has 0 saturated carbocycles. The number of primary amides is 1. The van der Waals surface area contributed by atoms with E-state index in [4.69, 9.17) is 17.3 Å². The van der Waals surface area contributed by atoms with Crippen LogP contribution >= 0.6 is 22.9 Å². The lowest BCUT2D eigenvalue weighted by Gasteiger charge is -2.09. The van der Waals surface area contributed by atoms with Gasteiger partial charge in [0.05, 0.1) is 5.69 Å². The van der Waals surface area contributed by atoms with Gasteiger partial charge in [-0.25, -0.2) is 19.3 Å². The number of thiophene rings is 1. The summed E-state index contributed by atoms with van der Waals surface area (Å²) in [6, 6.07) is 0. The van der Waals surface area contributed by atoms with Crippen LogP contribution in [0, 0.1) is 13.8 Å². The van der Waals surface area contributed by atoms with Crippen molar-refractivity contribution < 1.29 is 4.79 Å². The van der Waals surface area contributed by atoms with E-state index >= 15 is 0 Å². The second kappa shape index (κ2) is 6.27. The van der Waals surface area contributed by atoms with E-state index < -0.39 is 11.6 Å². The molecular weight excluding hydrogens is 362 g/mol. The van der Waals surface area contributed by atoms with E-state index in [1.54, 1.807) is 18.3 Å². The number of fused-ring (bicyclic) bond motifs is 1. The smallest absolute Gasteiger partial charge is 0.335 e. The van der Waals surface area contributed by atoms with Crippen molar-refractivity contribution >= 4 is 40.0 Å². The molecule has 0 aliphatic heterocycles. The van der Waals surface area contributed by atoms with Crippen molar-refractivity contribution in [1.29, 1.82) is 0 Å². The maximum atomic E-state index is 13.1. The molecule has 0 unspecified atom stereocenters. The third-order valence-electron chi connectivity index (χ3n) is 3.97. The monoisotopic (exact) mass is 379 g/mol. The Morgan fingerprint density at radius 1 is 1.36 bits per heavy atom. The summed E-state index contributed by atoms with van der Waals surface area (Å²) >= 11 is 7.83. The lowest BCUT2D eigenvalue weighted by atomic mass is 10.0. The highest BCUT2D eigenvalue weighted by Gasteiger charge is 2.24. The number of aryl methyl sites for hydroxylation is 2. The summed E-state index contributed by atoms with van der Waals surface area (Å²) in [6.45, 7) is 7.49. The van der Waals surface area contributed by atoms with E-state index in [1.807, 2.05) is 12.3 Å². The zero-order chi connectivity index (χ0) is 18.5. The molecule has 9 heteroatoms. The SMILES string of the molecule is Cc1nc(Cl)c2c(n1)n(-c1c(C(C)C)csc1C)c(=O)n2CC(N)=O. The van der Waals surface area contributed by atoms with Crippen molar-refractivity contribution in [3.05, 3.63) is 37.3 Å². The second-order valence-corrected chi connectivity index (χ2v) is 7.60. The van der Waals surface area contributed by atoms with Gasteiger partial charge in [0.25, 0.3) is 0 Å². The van der Waals surface area contributed by atoms with E-state index in [0.29, 0.717) is 17.0 Å². The zero-order valence-corrected chi connectivity index (χ0v) is 15.9. The van der Waals surface area contributed by atoms with Crippen molar-refractivity contribution in [2.24, 2.45) is 5.73 Å². The molecular formula is C16H18ClN5O2S. The molecule has 0 saturated heterocycles. The van der Waals surface area contributed by atoms with Gasteiger partial charge >= 0.3 is 5.69 Å². The number of halogens is 1. The summed E-state index contributed by atoms with van der Waals surface area (Å²) in [5.41, 5.74) is 7.43. The Hall–Kier alpha value is -2.19. The zero-order valence-electron chi connectivity index (χ0n) is 14.3. The van der Waals surface area contributed by atoms with Gasteiger partial charge in [-0.2, -0.15) is 0 Å². The van der Waals surface area contributed by atoms with Gasteiger partial charge in [-0.15, -0.1) is 11.3 Å². The summed E-state index contributed by atoms with van der Waals surface area (Å²) in [4.78, 5) is 34.1. The highest BCUT2D eigenvalue weighted by Crippen LogP contribution is 2.33. The van der Waals surface area contributed by atoms with E-state index in [0.717, 1.165) is 16.1 Å². The van der Waals surface area contributed by atoms with Gasteiger partial charge in [0.15, 0.2) is 10.8 Å². The van der Waals surface area contributed by atoms with E-state index in [2.05, 4.69) is 23.8 Å². The maximum absolute atomic E-state index is 13.1. The number of amides is 1. The summed E-state index contributed by atoms with van der Waals surface area (Å²) in [5.74, 6) is 0.0326. The van der Waals surface area contributed by atoms with Gasteiger partial charge in [-0.3, -0.25) is 9.36 Å². The van der Waals surface area contributed by atoms with Crippen LogP contribution in [-0.4, -0.2) is 25.0 Å².